The number of aromatic nitrogens is 2. The Bertz CT molecular complexity index is 553. The monoisotopic (exact) mass is 318 g/mol. The third-order valence-electron chi connectivity index (χ3n) is 2.79. The number of ether oxygens (including phenoxy) is 1. The zero-order chi connectivity index (χ0) is 14.7. The molecule has 108 valence electrons. The highest BCUT2D eigenvalue weighted by Gasteiger charge is 2.29. The highest BCUT2D eigenvalue weighted by molar-refractivity contribution is 6.35. The number of hydrogen-bond donors (Lipinski definition) is 1. The standard InChI is InChI=1S/C11H12Cl2N4O3/c1-20-7(19)4-2-3-6(18)17-5-14-10-8(17)9(12)15-11(13)16-10/h2-5H2,1H3,(H,14,15,16). The Morgan fingerprint density at radius 1 is 1.35 bits per heavy atom. The maximum Gasteiger partial charge on any atom is 0.305 e. The van der Waals surface area contributed by atoms with Crippen LogP contribution in [-0.4, -0.2) is 35.6 Å². The molecule has 1 amide bonds. The van der Waals surface area contributed by atoms with E-state index in [1.54, 1.807) is 0 Å². The minimum atomic E-state index is -0.342. The van der Waals surface area contributed by atoms with E-state index in [-0.39, 0.29) is 41.8 Å². The largest absolute Gasteiger partial charge is 0.469 e. The van der Waals surface area contributed by atoms with E-state index in [4.69, 9.17) is 23.2 Å². The van der Waals surface area contributed by atoms with E-state index in [1.165, 1.54) is 12.0 Å². The highest BCUT2D eigenvalue weighted by atomic mass is 35.5. The Hall–Kier alpha value is -1.60. The van der Waals surface area contributed by atoms with E-state index in [2.05, 4.69) is 20.0 Å². The van der Waals surface area contributed by atoms with E-state index >= 15 is 0 Å². The number of rotatable bonds is 4. The molecule has 1 N–H and O–H groups in total. The van der Waals surface area contributed by atoms with Crippen molar-refractivity contribution < 1.29 is 14.3 Å². The number of methoxy groups -OCH3 is 1. The molecule has 0 unspecified atom stereocenters. The number of esters is 1. The summed E-state index contributed by atoms with van der Waals surface area (Å²) in [5.74, 6) is -0.0878. The van der Waals surface area contributed by atoms with E-state index in [0.717, 1.165) is 0 Å². The number of anilines is 2. The van der Waals surface area contributed by atoms with Crippen molar-refractivity contribution in [1.29, 1.82) is 0 Å². The summed E-state index contributed by atoms with van der Waals surface area (Å²) in [5.41, 5.74) is 0.416. The lowest BCUT2D eigenvalue weighted by atomic mass is 10.2. The van der Waals surface area contributed by atoms with Crippen molar-refractivity contribution in [3.63, 3.8) is 0 Å². The molecule has 0 aliphatic carbocycles. The normalized spacial score (nSPS) is 12.8. The first-order valence-electron chi connectivity index (χ1n) is 5.87. The minimum Gasteiger partial charge on any atom is -0.469 e. The molecule has 1 aliphatic heterocycles. The van der Waals surface area contributed by atoms with Gasteiger partial charge in [-0.15, -0.1) is 0 Å². The van der Waals surface area contributed by atoms with Gasteiger partial charge < -0.3 is 10.1 Å². The Morgan fingerprint density at radius 2 is 2.10 bits per heavy atom. The van der Waals surface area contributed by atoms with E-state index in [9.17, 15) is 9.59 Å². The quantitative estimate of drug-likeness (QED) is 0.518. The Morgan fingerprint density at radius 3 is 2.80 bits per heavy atom. The van der Waals surface area contributed by atoms with Crippen LogP contribution in [0.1, 0.15) is 19.3 Å². The highest BCUT2D eigenvalue weighted by Crippen LogP contribution is 2.36. The van der Waals surface area contributed by atoms with Crippen LogP contribution in [0.4, 0.5) is 11.5 Å². The van der Waals surface area contributed by atoms with E-state index in [1.807, 2.05) is 0 Å². The summed E-state index contributed by atoms with van der Waals surface area (Å²) in [5, 5.41) is 3.05. The summed E-state index contributed by atoms with van der Waals surface area (Å²) in [6.45, 7) is 0.251. The zero-order valence-electron chi connectivity index (χ0n) is 10.7. The fourth-order valence-corrected chi connectivity index (χ4v) is 2.32. The van der Waals surface area contributed by atoms with Gasteiger partial charge in [0.05, 0.1) is 13.8 Å². The van der Waals surface area contributed by atoms with Gasteiger partial charge in [-0.2, -0.15) is 4.98 Å². The number of amides is 1. The Labute approximate surface area is 125 Å². The van der Waals surface area contributed by atoms with Gasteiger partial charge in [0, 0.05) is 12.8 Å². The molecule has 0 aromatic carbocycles. The Kier molecular flexibility index (Phi) is 4.61. The van der Waals surface area contributed by atoms with E-state index in [0.29, 0.717) is 17.9 Å². The first-order chi connectivity index (χ1) is 9.52. The number of carbonyl (C=O) groups excluding carboxylic acids is 2. The number of halogens is 2. The van der Waals surface area contributed by atoms with Crippen LogP contribution in [0.15, 0.2) is 0 Å². The van der Waals surface area contributed by atoms with Crippen LogP contribution >= 0.6 is 23.2 Å². The van der Waals surface area contributed by atoms with Gasteiger partial charge in [-0.1, -0.05) is 11.6 Å². The second-order valence-corrected chi connectivity index (χ2v) is 4.76. The first-order valence-corrected chi connectivity index (χ1v) is 6.62. The molecule has 20 heavy (non-hydrogen) atoms. The maximum atomic E-state index is 12.1. The molecular weight excluding hydrogens is 307 g/mol. The average Bonchev–Trinajstić information content (AvgIpc) is 2.82. The molecule has 7 nitrogen and oxygen atoms in total. The van der Waals surface area contributed by atoms with Crippen molar-refractivity contribution in [1.82, 2.24) is 9.97 Å². The summed E-state index contributed by atoms with van der Waals surface area (Å²) in [6, 6.07) is 0. The van der Waals surface area contributed by atoms with Gasteiger partial charge in [0.15, 0.2) is 11.0 Å². The van der Waals surface area contributed by atoms with Crippen molar-refractivity contribution in [2.45, 2.75) is 19.3 Å². The molecular formula is C11H12Cl2N4O3. The van der Waals surface area contributed by atoms with Gasteiger partial charge in [0.25, 0.3) is 0 Å². The first kappa shape index (κ1) is 14.8. The molecule has 1 aromatic heterocycles. The molecule has 0 atom stereocenters. The Balaban J connectivity index is 2.03. The number of hydrogen-bond acceptors (Lipinski definition) is 6. The van der Waals surface area contributed by atoms with Gasteiger partial charge in [-0.3, -0.25) is 14.5 Å². The topological polar surface area (TPSA) is 84.4 Å². The van der Waals surface area contributed by atoms with Crippen molar-refractivity contribution in [2.75, 3.05) is 24.0 Å². The van der Waals surface area contributed by atoms with Crippen LogP contribution in [0, 0.1) is 0 Å². The van der Waals surface area contributed by atoms with Crippen molar-refractivity contribution >= 4 is 46.6 Å². The lowest BCUT2D eigenvalue weighted by Crippen LogP contribution is -2.30. The molecule has 9 heteroatoms. The predicted octanol–water partition coefficient (Wildman–Crippen LogP) is 1.84. The third kappa shape index (κ3) is 3.10. The SMILES string of the molecule is COC(=O)CCCC(=O)N1CNc2nc(Cl)nc(Cl)c21. The third-order valence-corrected chi connectivity index (χ3v) is 3.22. The molecule has 1 aromatic rings. The molecule has 0 saturated heterocycles. The predicted molar refractivity (Wildman–Crippen MR) is 73.9 cm³/mol. The van der Waals surface area contributed by atoms with E-state index < -0.39 is 0 Å². The zero-order valence-corrected chi connectivity index (χ0v) is 12.2. The van der Waals surface area contributed by atoms with Gasteiger partial charge >= 0.3 is 5.97 Å². The van der Waals surface area contributed by atoms with Gasteiger partial charge in [-0.25, -0.2) is 4.98 Å². The van der Waals surface area contributed by atoms with Crippen LogP contribution < -0.4 is 10.2 Å². The lowest BCUT2D eigenvalue weighted by molar-refractivity contribution is -0.140. The van der Waals surface area contributed by atoms with Crippen LogP contribution in [0.2, 0.25) is 10.4 Å². The van der Waals surface area contributed by atoms with Crippen molar-refractivity contribution in [2.24, 2.45) is 0 Å². The number of carbonyl (C=O) groups is 2. The average molecular weight is 319 g/mol. The molecule has 0 bridgehead atoms. The summed E-state index contributed by atoms with van der Waals surface area (Å²) in [6.07, 6.45) is 0.805. The lowest BCUT2D eigenvalue weighted by Gasteiger charge is -2.15. The second kappa shape index (κ2) is 6.23. The minimum absolute atomic E-state index is 0.0150. The van der Waals surface area contributed by atoms with Crippen LogP contribution in [-0.2, 0) is 14.3 Å². The van der Waals surface area contributed by atoms with Crippen LogP contribution in [0.25, 0.3) is 0 Å². The summed E-state index contributed by atoms with van der Waals surface area (Å²) in [4.78, 5) is 32.3. The van der Waals surface area contributed by atoms with Crippen molar-refractivity contribution in [3.8, 4) is 0 Å². The molecule has 0 saturated carbocycles. The van der Waals surface area contributed by atoms with Crippen LogP contribution in [0.5, 0.6) is 0 Å². The van der Waals surface area contributed by atoms with Gasteiger partial charge in [-0.05, 0) is 18.0 Å². The smallest absolute Gasteiger partial charge is 0.305 e. The summed E-state index contributed by atoms with van der Waals surface area (Å²) in [7, 11) is 1.31. The van der Waals surface area contributed by atoms with Gasteiger partial charge in [0.1, 0.15) is 5.69 Å². The van der Waals surface area contributed by atoms with Gasteiger partial charge in [0.2, 0.25) is 11.2 Å². The molecule has 2 rings (SSSR count). The number of fused-ring (bicyclic) bond motifs is 1. The summed E-state index contributed by atoms with van der Waals surface area (Å²) < 4.78 is 4.51. The summed E-state index contributed by atoms with van der Waals surface area (Å²) >= 11 is 11.7. The number of nitrogens with one attached hydrogen (secondary N) is 1. The molecule has 0 spiro atoms. The molecule has 1 aliphatic rings. The number of nitrogens with zero attached hydrogens (tertiary/aromatic N) is 3. The molecule has 0 radical (unpaired) electrons. The fraction of sp³-hybridized carbons (Fsp3) is 0.455. The molecule has 0 fully saturated rings. The fourth-order valence-electron chi connectivity index (χ4n) is 1.83. The maximum absolute atomic E-state index is 12.1. The van der Waals surface area contributed by atoms with Crippen molar-refractivity contribution in [3.05, 3.63) is 10.4 Å². The molecule has 2 heterocycles. The second-order valence-electron chi connectivity index (χ2n) is 4.07. The van der Waals surface area contributed by atoms with Crippen LogP contribution in [0.3, 0.4) is 0 Å².